The van der Waals surface area contributed by atoms with Crippen LogP contribution in [0.25, 0.3) is 0 Å². The van der Waals surface area contributed by atoms with Crippen LogP contribution in [-0.2, 0) is 6.54 Å². The van der Waals surface area contributed by atoms with E-state index in [2.05, 4.69) is 37.8 Å². The molecule has 1 aliphatic rings. The third-order valence-corrected chi connectivity index (χ3v) is 4.50. The first-order valence-electron chi connectivity index (χ1n) is 7.55. The number of hydrogen-bond donors (Lipinski definition) is 1. The van der Waals surface area contributed by atoms with Crippen LogP contribution in [0.3, 0.4) is 0 Å². The molecule has 0 radical (unpaired) electrons. The number of nitrogens with one attached hydrogen (secondary N) is 1. The fourth-order valence-corrected chi connectivity index (χ4v) is 3.00. The maximum absolute atomic E-state index is 12.0. The zero-order valence-corrected chi connectivity index (χ0v) is 13.9. The molecule has 6 heteroatoms. The largest absolute Gasteiger partial charge is 0.381 e. The van der Waals surface area contributed by atoms with Crippen LogP contribution < -0.4 is 10.9 Å². The van der Waals surface area contributed by atoms with Crippen molar-refractivity contribution in [3.05, 3.63) is 33.7 Å². The highest BCUT2D eigenvalue weighted by atomic mass is 79.9. The summed E-state index contributed by atoms with van der Waals surface area (Å²) in [5.41, 5.74) is 0.629. The summed E-state index contributed by atoms with van der Waals surface area (Å²) >= 11 is 3.36. The predicted molar refractivity (Wildman–Crippen MR) is 89.8 cm³/mol. The highest BCUT2D eigenvalue weighted by Crippen LogP contribution is 2.16. The molecule has 0 aromatic carbocycles. The summed E-state index contributed by atoms with van der Waals surface area (Å²) in [7, 11) is 0. The number of nitrogens with zero attached hydrogens (tertiary/aromatic N) is 3. The fourth-order valence-electron chi connectivity index (χ4n) is 2.55. The van der Waals surface area contributed by atoms with Crippen LogP contribution in [0.4, 0.5) is 5.69 Å². The molecule has 0 amide bonds. The van der Waals surface area contributed by atoms with Crippen LogP contribution in [-0.4, -0.2) is 40.9 Å². The second-order valence-corrected chi connectivity index (χ2v) is 6.12. The van der Waals surface area contributed by atoms with Crippen molar-refractivity contribution in [1.29, 1.82) is 0 Å². The van der Waals surface area contributed by atoms with Crippen LogP contribution in [0.1, 0.15) is 25.7 Å². The molecule has 0 spiro atoms. The zero-order valence-electron chi connectivity index (χ0n) is 12.4. The van der Waals surface area contributed by atoms with Crippen LogP contribution in [0.5, 0.6) is 0 Å². The van der Waals surface area contributed by atoms with Gasteiger partial charge in [-0.1, -0.05) is 18.9 Å². The lowest BCUT2D eigenvalue weighted by atomic mass is 10.2. The van der Waals surface area contributed by atoms with Gasteiger partial charge in [-0.05, 0) is 41.9 Å². The topological polar surface area (TPSA) is 50.2 Å². The zero-order chi connectivity index (χ0) is 15.1. The van der Waals surface area contributed by atoms with E-state index in [1.165, 1.54) is 43.5 Å². The molecule has 0 atom stereocenters. The summed E-state index contributed by atoms with van der Waals surface area (Å²) < 4.78 is 1.92. The van der Waals surface area contributed by atoms with Crippen LogP contribution >= 0.6 is 15.9 Å². The monoisotopic (exact) mass is 354 g/mol. The average molecular weight is 355 g/mol. The predicted octanol–water partition coefficient (Wildman–Crippen LogP) is 2.48. The van der Waals surface area contributed by atoms with E-state index >= 15 is 0 Å². The summed E-state index contributed by atoms with van der Waals surface area (Å²) in [5.74, 6) is 0. The van der Waals surface area contributed by atoms with Crippen molar-refractivity contribution < 1.29 is 0 Å². The molecule has 1 aromatic rings. The van der Waals surface area contributed by atoms with E-state index in [1.807, 2.05) is 0 Å². The maximum atomic E-state index is 12.0. The van der Waals surface area contributed by atoms with E-state index in [9.17, 15) is 4.79 Å². The van der Waals surface area contributed by atoms with Gasteiger partial charge in [0.2, 0.25) is 0 Å². The molecule has 2 heterocycles. The van der Waals surface area contributed by atoms with Gasteiger partial charge in [0.15, 0.2) is 0 Å². The normalized spacial score (nSPS) is 16.4. The van der Waals surface area contributed by atoms with Crippen LogP contribution in [0.15, 0.2) is 28.1 Å². The first-order valence-corrected chi connectivity index (χ1v) is 8.34. The second-order valence-electron chi connectivity index (χ2n) is 5.33. The van der Waals surface area contributed by atoms with E-state index in [0.29, 0.717) is 11.0 Å². The quantitative estimate of drug-likeness (QED) is 0.797. The lowest BCUT2D eigenvalue weighted by Gasteiger charge is -2.20. The van der Waals surface area contributed by atoms with Gasteiger partial charge in [0.25, 0.3) is 5.56 Å². The number of allylic oxidation sites excluding steroid dienone is 1. The Hall–Kier alpha value is -1.14. The molecule has 0 saturated carbocycles. The molecule has 1 aliphatic heterocycles. The van der Waals surface area contributed by atoms with Crippen molar-refractivity contribution in [1.82, 2.24) is 14.7 Å². The highest BCUT2D eigenvalue weighted by Gasteiger charge is 2.10. The van der Waals surface area contributed by atoms with Crippen molar-refractivity contribution in [3.8, 4) is 0 Å². The smallest absolute Gasteiger partial charge is 0.283 e. The Bertz CT molecular complexity index is 521. The van der Waals surface area contributed by atoms with Crippen molar-refractivity contribution in [3.63, 3.8) is 0 Å². The molecular weight excluding hydrogens is 332 g/mol. The average Bonchev–Trinajstić information content (AvgIpc) is 2.75. The third-order valence-electron chi connectivity index (χ3n) is 3.73. The third kappa shape index (κ3) is 4.68. The molecule has 2 rings (SSSR count). The lowest BCUT2D eigenvalue weighted by Crippen LogP contribution is -2.30. The van der Waals surface area contributed by atoms with E-state index in [4.69, 9.17) is 0 Å². The van der Waals surface area contributed by atoms with E-state index < -0.39 is 0 Å². The second kappa shape index (κ2) is 8.34. The van der Waals surface area contributed by atoms with Crippen molar-refractivity contribution in [2.24, 2.45) is 0 Å². The molecule has 1 N–H and O–H groups in total. The van der Waals surface area contributed by atoms with Crippen molar-refractivity contribution >= 4 is 21.6 Å². The maximum Gasteiger partial charge on any atom is 0.283 e. The molecule has 0 unspecified atom stereocenters. The minimum absolute atomic E-state index is 0.130. The van der Waals surface area contributed by atoms with E-state index in [0.717, 1.165) is 18.8 Å². The summed E-state index contributed by atoms with van der Waals surface area (Å²) in [5, 5.41) is 7.44. The standard InChI is InChI=1S/C15H23BrN4O/c1-2-8-20-15(21)14(16)13(12-18-20)17-7-11-19-9-5-3-4-6-10-19/h2,12,17H,1,3-11H2. The number of aromatic nitrogens is 2. The van der Waals surface area contributed by atoms with Gasteiger partial charge < -0.3 is 10.2 Å². The number of anilines is 1. The lowest BCUT2D eigenvalue weighted by molar-refractivity contribution is 0.296. The van der Waals surface area contributed by atoms with Gasteiger partial charge in [0.1, 0.15) is 4.47 Å². The number of hydrogen-bond acceptors (Lipinski definition) is 4. The van der Waals surface area contributed by atoms with Gasteiger partial charge in [-0.25, -0.2) is 4.68 Å². The minimum Gasteiger partial charge on any atom is -0.381 e. The molecule has 1 saturated heterocycles. The molecule has 116 valence electrons. The Morgan fingerprint density at radius 1 is 1.33 bits per heavy atom. The summed E-state index contributed by atoms with van der Waals surface area (Å²) in [6.45, 7) is 8.24. The van der Waals surface area contributed by atoms with Gasteiger partial charge >= 0.3 is 0 Å². The van der Waals surface area contributed by atoms with Crippen LogP contribution in [0.2, 0.25) is 0 Å². The Kier molecular flexibility index (Phi) is 6.45. The number of likely N-dealkylation sites (tertiary alicyclic amines) is 1. The Morgan fingerprint density at radius 3 is 2.71 bits per heavy atom. The highest BCUT2D eigenvalue weighted by molar-refractivity contribution is 9.10. The number of rotatable bonds is 6. The summed E-state index contributed by atoms with van der Waals surface area (Å²) in [6.07, 6.45) is 8.64. The van der Waals surface area contributed by atoms with Crippen molar-refractivity contribution in [2.45, 2.75) is 32.2 Å². The van der Waals surface area contributed by atoms with E-state index in [1.54, 1.807) is 12.3 Å². The summed E-state index contributed by atoms with van der Waals surface area (Å²) in [4.78, 5) is 14.5. The minimum atomic E-state index is -0.130. The summed E-state index contributed by atoms with van der Waals surface area (Å²) in [6, 6.07) is 0. The van der Waals surface area contributed by atoms with Gasteiger partial charge in [-0.2, -0.15) is 5.10 Å². The van der Waals surface area contributed by atoms with E-state index in [-0.39, 0.29) is 5.56 Å². The Balaban J connectivity index is 1.89. The molecule has 0 bridgehead atoms. The van der Waals surface area contributed by atoms with Gasteiger partial charge in [-0.15, -0.1) is 6.58 Å². The molecular formula is C15H23BrN4O. The SMILES string of the molecule is C=CCn1ncc(NCCN2CCCCCC2)c(Br)c1=O. The number of halogens is 1. The first-order chi connectivity index (χ1) is 10.2. The van der Waals surface area contributed by atoms with Crippen molar-refractivity contribution in [2.75, 3.05) is 31.5 Å². The molecule has 21 heavy (non-hydrogen) atoms. The first kappa shape index (κ1) is 16.2. The Labute approximate surface area is 134 Å². The van der Waals surface area contributed by atoms with Gasteiger partial charge in [-0.3, -0.25) is 4.79 Å². The van der Waals surface area contributed by atoms with Gasteiger partial charge in [0.05, 0.1) is 18.4 Å². The van der Waals surface area contributed by atoms with Gasteiger partial charge in [0, 0.05) is 13.1 Å². The molecule has 5 nitrogen and oxygen atoms in total. The molecule has 1 aromatic heterocycles. The molecule has 1 fully saturated rings. The fraction of sp³-hybridized carbons (Fsp3) is 0.600. The Morgan fingerprint density at radius 2 is 2.05 bits per heavy atom. The molecule has 0 aliphatic carbocycles. The van der Waals surface area contributed by atoms with Crippen LogP contribution in [0, 0.1) is 0 Å².